The lowest BCUT2D eigenvalue weighted by Gasteiger charge is -2.30. The van der Waals surface area contributed by atoms with Crippen LogP contribution in [0.4, 0.5) is 0 Å². The van der Waals surface area contributed by atoms with E-state index in [4.69, 9.17) is 0 Å². The summed E-state index contributed by atoms with van der Waals surface area (Å²) in [5, 5.41) is 9.40. The normalized spacial score (nSPS) is 14.3. The highest BCUT2D eigenvalue weighted by molar-refractivity contribution is 5.77. The van der Waals surface area contributed by atoms with Crippen LogP contribution in [0.3, 0.4) is 0 Å². The van der Waals surface area contributed by atoms with Gasteiger partial charge in [0.25, 0.3) is 0 Å². The van der Waals surface area contributed by atoms with Gasteiger partial charge in [0.05, 0.1) is 5.41 Å². The monoisotopic (exact) mass is 232 g/mol. The molecule has 0 bridgehead atoms. The molecule has 0 aliphatic heterocycles. The SMILES string of the molecule is C=CC(CCc1ccccc1)(C(=O)O)C(C)C. The maximum atomic E-state index is 11.4. The van der Waals surface area contributed by atoms with E-state index in [1.807, 2.05) is 44.2 Å². The van der Waals surface area contributed by atoms with Crippen molar-refractivity contribution in [3.8, 4) is 0 Å². The molecule has 0 aliphatic rings. The van der Waals surface area contributed by atoms with Gasteiger partial charge in [-0.2, -0.15) is 0 Å². The zero-order valence-corrected chi connectivity index (χ0v) is 10.5. The molecule has 1 rings (SSSR count). The summed E-state index contributed by atoms with van der Waals surface area (Å²) in [6, 6.07) is 9.96. The molecule has 0 radical (unpaired) electrons. The van der Waals surface area contributed by atoms with Gasteiger partial charge in [-0.05, 0) is 24.3 Å². The molecule has 1 N–H and O–H groups in total. The number of aliphatic carboxylic acids is 1. The van der Waals surface area contributed by atoms with Crippen LogP contribution in [0.1, 0.15) is 25.8 Å². The van der Waals surface area contributed by atoms with E-state index in [2.05, 4.69) is 6.58 Å². The topological polar surface area (TPSA) is 37.3 Å². The van der Waals surface area contributed by atoms with Crippen LogP contribution in [0.5, 0.6) is 0 Å². The second-order valence-electron chi connectivity index (χ2n) is 4.69. The molecule has 0 saturated carbocycles. The Hall–Kier alpha value is -1.57. The number of carbonyl (C=O) groups is 1. The molecular weight excluding hydrogens is 212 g/mol. The van der Waals surface area contributed by atoms with E-state index < -0.39 is 11.4 Å². The van der Waals surface area contributed by atoms with Crippen molar-refractivity contribution < 1.29 is 9.90 Å². The molecule has 0 amide bonds. The van der Waals surface area contributed by atoms with Crippen molar-refractivity contribution in [3.63, 3.8) is 0 Å². The van der Waals surface area contributed by atoms with Gasteiger partial charge in [-0.1, -0.05) is 50.3 Å². The van der Waals surface area contributed by atoms with Crippen molar-refractivity contribution in [3.05, 3.63) is 48.6 Å². The zero-order chi connectivity index (χ0) is 12.9. The number of carboxylic acid groups (broad SMARTS) is 1. The molecule has 0 fully saturated rings. The van der Waals surface area contributed by atoms with Gasteiger partial charge in [-0.3, -0.25) is 4.79 Å². The largest absolute Gasteiger partial charge is 0.481 e. The fraction of sp³-hybridized carbons (Fsp3) is 0.400. The minimum Gasteiger partial charge on any atom is -0.481 e. The third kappa shape index (κ3) is 2.96. The first kappa shape index (κ1) is 13.5. The quantitative estimate of drug-likeness (QED) is 0.762. The minimum atomic E-state index is -0.824. The zero-order valence-electron chi connectivity index (χ0n) is 10.5. The van der Waals surface area contributed by atoms with E-state index >= 15 is 0 Å². The Kier molecular flexibility index (Phi) is 4.50. The highest BCUT2D eigenvalue weighted by Gasteiger charge is 2.38. The lowest BCUT2D eigenvalue weighted by atomic mass is 9.73. The van der Waals surface area contributed by atoms with Crippen LogP contribution in [0.15, 0.2) is 43.0 Å². The summed E-state index contributed by atoms with van der Waals surface area (Å²) in [5.41, 5.74) is 0.344. The first-order valence-corrected chi connectivity index (χ1v) is 5.94. The van der Waals surface area contributed by atoms with Crippen molar-refractivity contribution in [1.29, 1.82) is 0 Å². The van der Waals surface area contributed by atoms with Crippen LogP contribution in [0.2, 0.25) is 0 Å². The molecule has 17 heavy (non-hydrogen) atoms. The maximum absolute atomic E-state index is 11.4. The molecule has 92 valence electrons. The Morgan fingerprint density at radius 2 is 2.00 bits per heavy atom. The lowest BCUT2D eigenvalue weighted by molar-refractivity contribution is -0.148. The molecule has 1 aromatic rings. The molecule has 2 heteroatoms. The van der Waals surface area contributed by atoms with Gasteiger partial charge in [-0.25, -0.2) is 0 Å². The Morgan fingerprint density at radius 3 is 2.41 bits per heavy atom. The van der Waals surface area contributed by atoms with Crippen molar-refractivity contribution in [2.45, 2.75) is 26.7 Å². The first-order valence-electron chi connectivity index (χ1n) is 5.94. The van der Waals surface area contributed by atoms with Crippen LogP contribution in [-0.4, -0.2) is 11.1 Å². The maximum Gasteiger partial charge on any atom is 0.313 e. The highest BCUT2D eigenvalue weighted by atomic mass is 16.4. The summed E-state index contributed by atoms with van der Waals surface area (Å²) in [7, 11) is 0. The van der Waals surface area contributed by atoms with Gasteiger partial charge in [0.15, 0.2) is 0 Å². The van der Waals surface area contributed by atoms with Gasteiger partial charge in [0.1, 0.15) is 0 Å². The minimum absolute atomic E-state index is 0.0428. The molecule has 2 nitrogen and oxygen atoms in total. The standard InChI is InChI=1S/C15H20O2/c1-4-15(12(2)3,14(16)17)11-10-13-8-6-5-7-9-13/h4-9,12H,1,10-11H2,2-3H3,(H,16,17). The number of aryl methyl sites for hydroxylation is 1. The predicted octanol–water partition coefficient (Wildman–Crippen LogP) is 3.53. The van der Waals surface area contributed by atoms with E-state index in [1.165, 1.54) is 5.56 Å². The van der Waals surface area contributed by atoms with Gasteiger partial charge in [0, 0.05) is 0 Å². The molecule has 0 aromatic heterocycles. The van der Waals surface area contributed by atoms with Crippen LogP contribution in [0.25, 0.3) is 0 Å². The molecule has 0 saturated heterocycles. The lowest BCUT2D eigenvalue weighted by Crippen LogP contribution is -2.34. The number of rotatable bonds is 6. The second kappa shape index (κ2) is 5.67. The van der Waals surface area contributed by atoms with Crippen molar-refractivity contribution in [2.24, 2.45) is 11.3 Å². The fourth-order valence-electron chi connectivity index (χ4n) is 2.06. The summed E-state index contributed by atoms with van der Waals surface area (Å²) in [4.78, 5) is 11.4. The number of benzene rings is 1. The summed E-state index contributed by atoms with van der Waals surface area (Å²) >= 11 is 0. The molecule has 0 spiro atoms. The van der Waals surface area contributed by atoms with E-state index in [9.17, 15) is 9.90 Å². The Morgan fingerprint density at radius 1 is 1.41 bits per heavy atom. The molecule has 1 unspecified atom stereocenters. The number of hydrogen-bond donors (Lipinski definition) is 1. The van der Waals surface area contributed by atoms with Gasteiger partial charge >= 0.3 is 5.97 Å². The van der Waals surface area contributed by atoms with E-state index in [0.29, 0.717) is 6.42 Å². The van der Waals surface area contributed by atoms with Gasteiger partial charge in [-0.15, -0.1) is 6.58 Å². The summed E-state index contributed by atoms with van der Waals surface area (Å²) in [6.45, 7) is 7.57. The Bertz CT molecular complexity index is 381. The van der Waals surface area contributed by atoms with E-state index in [1.54, 1.807) is 6.08 Å². The molecule has 0 heterocycles. The van der Waals surface area contributed by atoms with Crippen LogP contribution in [0, 0.1) is 11.3 Å². The number of carboxylic acids is 1. The van der Waals surface area contributed by atoms with Crippen molar-refractivity contribution >= 4 is 5.97 Å². The predicted molar refractivity (Wildman–Crippen MR) is 69.9 cm³/mol. The third-order valence-electron chi connectivity index (χ3n) is 3.46. The van der Waals surface area contributed by atoms with Gasteiger partial charge in [0.2, 0.25) is 0 Å². The Labute approximate surface area is 103 Å². The third-order valence-corrected chi connectivity index (χ3v) is 3.46. The number of hydrogen-bond acceptors (Lipinski definition) is 1. The van der Waals surface area contributed by atoms with Crippen LogP contribution >= 0.6 is 0 Å². The van der Waals surface area contributed by atoms with Crippen molar-refractivity contribution in [2.75, 3.05) is 0 Å². The fourth-order valence-corrected chi connectivity index (χ4v) is 2.06. The molecule has 1 atom stereocenters. The van der Waals surface area contributed by atoms with Crippen LogP contribution in [-0.2, 0) is 11.2 Å². The van der Waals surface area contributed by atoms with E-state index in [-0.39, 0.29) is 5.92 Å². The molecular formula is C15H20O2. The first-order chi connectivity index (χ1) is 8.03. The molecule has 1 aromatic carbocycles. The highest BCUT2D eigenvalue weighted by Crippen LogP contribution is 2.34. The second-order valence-corrected chi connectivity index (χ2v) is 4.69. The van der Waals surface area contributed by atoms with Gasteiger partial charge < -0.3 is 5.11 Å². The average Bonchev–Trinajstić information content (AvgIpc) is 2.31. The Balaban J connectivity index is 2.81. The molecule has 0 aliphatic carbocycles. The summed E-state index contributed by atoms with van der Waals surface area (Å²) in [5.74, 6) is -0.736. The smallest absolute Gasteiger partial charge is 0.313 e. The summed E-state index contributed by atoms with van der Waals surface area (Å²) in [6.07, 6.45) is 2.94. The summed E-state index contributed by atoms with van der Waals surface area (Å²) < 4.78 is 0. The van der Waals surface area contributed by atoms with Crippen LogP contribution < -0.4 is 0 Å². The average molecular weight is 232 g/mol. The van der Waals surface area contributed by atoms with E-state index in [0.717, 1.165) is 6.42 Å². The van der Waals surface area contributed by atoms with Crippen molar-refractivity contribution in [1.82, 2.24) is 0 Å².